The summed E-state index contributed by atoms with van der Waals surface area (Å²) in [4.78, 5) is 11.7. The minimum atomic E-state index is -0.474. The predicted octanol–water partition coefficient (Wildman–Crippen LogP) is 3.02. The molecule has 0 aromatic heterocycles. The highest BCUT2D eigenvalue weighted by Gasteiger charge is 2.17. The highest BCUT2D eigenvalue weighted by molar-refractivity contribution is 6.30. The number of ketones is 1. The van der Waals surface area contributed by atoms with Crippen molar-refractivity contribution >= 4 is 17.4 Å². The SMILES string of the molecule is CCC(OC)C(=O)Cc1cc(Cl)ccc1F. The first kappa shape index (κ1) is 13.1. The van der Waals surface area contributed by atoms with E-state index in [0.29, 0.717) is 17.0 Å². The monoisotopic (exact) mass is 244 g/mol. The van der Waals surface area contributed by atoms with Gasteiger partial charge in [0, 0.05) is 18.6 Å². The molecule has 1 atom stereocenters. The fraction of sp³-hybridized carbons (Fsp3) is 0.417. The molecule has 0 spiro atoms. The summed E-state index contributed by atoms with van der Waals surface area (Å²) in [5, 5.41) is 0.426. The topological polar surface area (TPSA) is 26.3 Å². The summed E-state index contributed by atoms with van der Waals surface area (Å²) in [5.41, 5.74) is 0.313. The first-order valence-corrected chi connectivity index (χ1v) is 5.45. The zero-order chi connectivity index (χ0) is 12.1. The molecule has 0 aliphatic rings. The van der Waals surface area contributed by atoms with Crippen LogP contribution in [0.2, 0.25) is 5.02 Å². The normalized spacial score (nSPS) is 12.5. The summed E-state index contributed by atoms with van der Waals surface area (Å²) in [7, 11) is 1.47. The van der Waals surface area contributed by atoms with Crippen molar-refractivity contribution in [2.24, 2.45) is 0 Å². The third-order valence-electron chi connectivity index (χ3n) is 2.39. The zero-order valence-electron chi connectivity index (χ0n) is 9.30. The van der Waals surface area contributed by atoms with Gasteiger partial charge >= 0.3 is 0 Å². The Morgan fingerprint density at radius 3 is 2.81 bits per heavy atom. The summed E-state index contributed by atoms with van der Waals surface area (Å²) in [5.74, 6) is -0.546. The highest BCUT2D eigenvalue weighted by atomic mass is 35.5. The van der Waals surface area contributed by atoms with Crippen molar-refractivity contribution in [3.05, 3.63) is 34.6 Å². The minimum absolute atomic E-state index is 0.0126. The predicted molar refractivity (Wildman–Crippen MR) is 61.2 cm³/mol. The molecular weight excluding hydrogens is 231 g/mol. The Morgan fingerprint density at radius 2 is 2.25 bits per heavy atom. The molecular formula is C12H14ClFO2. The quantitative estimate of drug-likeness (QED) is 0.796. The molecule has 0 N–H and O–H groups in total. The maximum absolute atomic E-state index is 13.3. The van der Waals surface area contributed by atoms with Crippen LogP contribution in [0.1, 0.15) is 18.9 Å². The maximum Gasteiger partial charge on any atom is 0.165 e. The number of carbonyl (C=O) groups is 1. The Kier molecular flexibility index (Phi) is 4.90. The molecule has 0 radical (unpaired) electrons. The Balaban J connectivity index is 2.80. The van der Waals surface area contributed by atoms with Crippen LogP contribution in [-0.2, 0) is 16.0 Å². The van der Waals surface area contributed by atoms with E-state index in [4.69, 9.17) is 16.3 Å². The number of carbonyl (C=O) groups excluding carboxylic acids is 1. The van der Waals surface area contributed by atoms with Crippen LogP contribution >= 0.6 is 11.6 Å². The molecule has 1 rings (SSSR count). The fourth-order valence-corrected chi connectivity index (χ4v) is 1.70. The van der Waals surface area contributed by atoms with Crippen LogP contribution < -0.4 is 0 Å². The number of rotatable bonds is 5. The van der Waals surface area contributed by atoms with Crippen LogP contribution in [0, 0.1) is 5.82 Å². The van der Waals surface area contributed by atoms with E-state index in [1.54, 1.807) is 0 Å². The number of benzene rings is 1. The average Bonchev–Trinajstić information content (AvgIpc) is 2.25. The van der Waals surface area contributed by atoms with Crippen molar-refractivity contribution in [2.75, 3.05) is 7.11 Å². The zero-order valence-corrected chi connectivity index (χ0v) is 10.1. The number of hydrogen-bond donors (Lipinski definition) is 0. The van der Waals surface area contributed by atoms with E-state index in [0.717, 1.165) is 0 Å². The molecule has 0 aliphatic heterocycles. The van der Waals surface area contributed by atoms with E-state index in [1.165, 1.54) is 25.3 Å². The Labute approximate surface area is 99.4 Å². The summed E-state index contributed by atoms with van der Waals surface area (Å²) in [6.45, 7) is 1.85. The lowest BCUT2D eigenvalue weighted by atomic mass is 10.0. The first-order chi connectivity index (χ1) is 7.58. The molecule has 4 heteroatoms. The van der Waals surface area contributed by atoms with Gasteiger partial charge in [-0.1, -0.05) is 18.5 Å². The lowest BCUT2D eigenvalue weighted by Crippen LogP contribution is -2.24. The van der Waals surface area contributed by atoms with Gasteiger partial charge in [-0.3, -0.25) is 4.79 Å². The molecule has 0 aliphatic carbocycles. The number of Topliss-reactive ketones (excluding diaryl/α,β-unsaturated/α-hetero) is 1. The minimum Gasteiger partial charge on any atom is -0.374 e. The number of hydrogen-bond acceptors (Lipinski definition) is 2. The fourth-order valence-electron chi connectivity index (χ4n) is 1.51. The van der Waals surface area contributed by atoms with Crippen LogP contribution in [-0.4, -0.2) is 19.0 Å². The summed E-state index contributed by atoms with van der Waals surface area (Å²) in [6.07, 6.45) is 0.120. The maximum atomic E-state index is 13.3. The molecule has 2 nitrogen and oxygen atoms in total. The standard InChI is InChI=1S/C12H14ClFO2/c1-3-12(16-2)11(15)7-8-6-9(13)4-5-10(8)14/h4-6,12H,3,7H2,1-2H3. The van der Waals surface area contributed by atoms with E-state index in [2.05, 4.69) is 0 Å². The molecule has 1 unspecified atom stereocenters. The van der Waals surface area contributed by atoms with Gasteiger partial charge in [-0.05, 0) is 30.2 Å². The number of methoxy groups -OCH3 is 1. The van der Waals surface area contributed by atoms with Gasteiger partial charge in [0.25, 0.3) is 0 Å². The van der Waals surface area contributed by atoms with Crippen LogP contribution in [0.15, 0.2) is 18.2 Å². The van der Waals surface area contributed by atoms with E-state index in [1.807, 2.05) is 6.92 Å². The first-order valence-electron chi connectivity index (χ1n) is 5.08. The van der Waals surface area contributed by atoms with Gasteiger partial charge in [0.15, 0.2) is 5.78 Å². The van der Waals surface area contributed by atoms with Gasteiger partial charge in [0.1, 0.15) is 11.9 Å². The van der Waals surface area contributed by atoms with Crippen molar-refractivity contribution in [1.82, 2.24) is 0 Å². The smallest absolute Gasteiger partial charge is 0.165 e. The lowest BCUT2D eigenvalue weighted by Gasteiger charge is -2.11. The van der Waals surface area contributed by atoms with E-state index in [9.17, 15) is 9.18 Å². The second-order valence-electron chi connectivity index (χ2n) is 3.51. The van der Waals surface area contributed by atoms with Gasteiger partial charge < -0.3 is 4.74 Å². The van der Waals surface area contributed by atoms with Crippen molar-refractivity contribution in [3.8, 4) is 0 Å². The molecule has 1 aromatic carbocycles. The summed E-state index contributed by atoms with van der Waals surface area (Å²) in [6, 6.07) is 4.19. The number of ether oxygens (including phenoxy) is 1. The van der Waals surface area contributed by atoms with Gasteiger partial charge in [-0.2, -0.15) is 0 Å². The second-order valence-corrected chi connectivity index (χ2v) is 3.95. The molecule has 0 saturated carbocycles. The molecule has 0 amide bonds. The third kappa shape index (κ3) is 3.29. The lowest BCUT2D eigenvalue weighted by molar-refractivity contribution is -0.128. The van der Waals surface area contributed by atoms with Gasteiger partial charge in [-0.25, -0.2) is 4.39 Å². The van der Waals surface area contributed by atoms with Gasteiger partial charge in [-0.15, -0.1) is 0 Å². The molecule has 1 aromatic rings. The molecule has 0 saturated heterocycles. The highest BCUT2D eigenvalue weighted by Crippen LogP contribution is 2.16. The Morgan fingerprint density at radius 1 is 1.56 bits per heavy atom. The largest absolute Gasteiger partial charge is 0.374 e. The van der Waals surface area contributed by atoms with Crippen molar-refractivity contribution in [3.63, 3.8) is 0 Å². The summed E-state index contributed by atoms with van der Waals surface area (Å²) < 4.78 is 18.3. The molecule has 0 heterocycles. The van der Waals surface area contributed by atoms with E-state index in [-0.39, 0.29) is 12.2 Å². The molecule has 0 fully saturated rings. The van der Waals surface area contributed by atoms with Crippen LogP contribution in [0.3, 0.4) is 0 Å². The Bertz CT molecular complexity index is 375. The van der Waals surface area contributed by atoms with E-state index < -0.39 is 11.9 Å². The molecule has 16 heavy (non-hydrogen) atoms. The van der Waals surface area contributed by atoms with Crippen LogP contribution in [0.5, 0.6) is 0 Å². The number of halogens is 2. The van der Waals surface area contributed by atoms with Crippen LogP contribution in [0.25, 0.3) is 0 Å². The third-order valence-corrected chi connectivity index (χ3v) is 2.62. The molecule has 0 bridgehead atoms. The second kappa shape index (κ2) is 5.97. The van der Waals surface area contributed by atoms with Crippen molar-refractivity contribution in [2.45, 2.75) is 25.9 Å². The molecule has 88 valence electrons. The van der Waals surface area contributed by atoms with Gasteiger partial charge in [0.2, 0.25) is 0 Å². The van der Waals surface area contributed by atoms with Crippen molar-refractivity contribution < 1.29 is 13.9 Å². The van der Waals surface area contributed by atoms with Crippen molar-refractivity contribution in [1.29, 1.82) is 0 Å². The Hall–Kier alpha value is -0.930. The average molecular weight is 245 g/mol. The summed E-state index contributed by atoms with van der Waals surface area (Å²) >= 11 is 5.74. The van der Waals surface area contributed by atoms with E-state index >= 15 is 0 Å². The van der Waals surface area contributed by atoms with Gasteiger partial charge in [0.05, 0.1) is 0 Å². The van der Waals surface area contributed by atoms with Crippen LogP contribution in [0.4, 0.5) is 4.39 Å².